The van der Waals surface area contributed by atoms with E-state index in [4.69, 9.17) is 17.2 Å². The van der Waals surface area contributed by atoms with E-state index >= 15 is 4.79 Å². The van der Waals surface area contributed by atoms with Gasteiger partial charge < -0.3 is 89.9 Å². The van der Waals surface area contributed by atoms with Gasteiger partial charge in [0.25, 0.3) is 0 Å². The Morgan fingerprint density at radius 3 is 1.68 bits per heavy atom. The van der Waals surface area contributed by atoms with Crippen molar-refractivity contribution in [3.8, 4) is 5.75 Å². The molecule has 5 rings (SSSR count). The van der Waals surface area contributed by atoms with Gasteiger partial charge in [-0.1, -0.05) is 90.4 Å². The summed E-state index contributed by atoms with van der Waals surface area (Å²) in [5.74, 6) is -11.7. The number of rotatable bonds is 37. The number of nitrogens with two attached hydrogens (primary N) is 3. The van der Waals surface area contributed by atoms with Crippen LogP contribution in [-0.4, -0.2) is 185 Å². The van der Waals surface area contributed by atoms with E-state index in [-0.39, 0.29) is 82.1 Å². The lowest BCUT2D eigenvalue weighted by atomic mass is 9.96. The van der Waals surface area contributed by atoms with Crippen molar-refractivity contribution < 1.29 is 68.1 Å². The fraction of sp³-hybridized carbons (Fsp3) is 0.516. The number of carboxylic acid groups (broad SMARTS) is 2. The Balaban J connectivity index is 1.40. The predicted octanol–water partition coefficient (Wildman–Crippen LogP) is -1.33. The normalized spacial score (nSPS) is 16.1. The summed E-state index contributed by atoms with van der Waals surface area (Å²) in [6, 6.07) is 0.806. The first-order chi connectivity index (χ1) is 44.1. The number of imidazole rings is 2. The number of carbonyl (C=O) groups is 11. The van der Waals surface area contributed by atoms with Crippen molar-refractivity contribution in [1.82, 2.24) is 67.4 Å². The van der Waals surface area contributed by atoms with Crippen LogP contribution in [0.4, 0.5) is 0 Å². The van der Waals surface area contributed by atoms with Gasteiger partial charge in [-0.05, 0) is 73.1 Å². The number of aromatic nitrogens is 4. The van der Waals surface area contributed by atoms with E-state index in [1.165, 1.54) is 54.2 Å². The Morgan fingerprint density at radius 1 is 0.624 bits per heavy atom. The number of guanidine groups is 1. The lowest BCUT2D eigenvalue weighted by molar-refractivity contribution is -0.143. The first kappa shape index (κ1) is 73.8. The average Bonchev–Trinajstić information content (AvgIpc) is 2.07. The molecule has 31 nitrogen and oxygen atoms in total. The minimum atomic E-state index is -1.52. The lowest BCUT2D eigenvalue weighted by Crippen LogP contribution is -2.62. The van der Waals surface area contributed by atoms with Crippen molar-refractivity contribution in [2.45, 2.75) is 173 Å². The zero-order chi connectivity index (χ0) is 68.5. The number of aromatic amines is 2. The SMILES string of the molecule is CC[C@H](C)[C@H](NC(=O)[C@H](Cc1ccccc1)NC(=O)[C@@H](NC(=O)[C@H](CCCN=C(N)N)NC(=O)[C@@H](N)CC(=O)O)C(C)C)C(=O)N[C@@H](Cc1cnc[nH]1)C(=O)N1CCC[C@H]1C(=O)N[C@@H](Cc1ccc(O)cc1)C(=O)N[C@@H](Cc1cnc[nH]1)C(=O)N[C@@H](CC(C)C)C(=O)O. The average molecular weight is 1300 g/mol. The first-order valence-corrected chi connectivity index (χ1v) is 30.9. The number of amides is 9. The van der Waals surface area contributed by atoms with Crippen LogP contribution in [0.2, 0.25) is 0 Å². The fourth-order valence-electron chi connectivity index (χ4n) is 10.4. The van der Waals surface area contributed by atoms with Gasteiger partial charge in [-0.3, -0.25) is 52.9 Å². The molecule has 11 atom stereocenters. The fourth-order valence-corrected chi connectivity index (χ4v) is 10.4. The van der Waals surface area contributed by atoms with Crippen LogP contribution in [0.3, 0.4) is 0 Å². The molecule has 506 valence electrons. The second-order valence-electron chi connectivity index (χ2n) is 23.9. The summed E-state index contributed by atoms with van der Waals surface area (Å²) >= 11 is 0. The van der Waals surface area contributed by atoms with E-state index in [9.17, 15) is 63.3 Å². The number of nitrogens with one attached hydrogen (secondary N) is 10. The van der Waals surface area contributed by atoms with Crippen molar-refractivity contribution in [3.63, 3.8) is 0 Å². The predicted molar refractivity (Wildman–Crippen MR) is 338 cm³/mol. The minimum absolute atomic E-state index is 0.0362. The maximum Gasteiger partial charge on any atom is 0.326 e. The summed E-state index contributed by atoms with van der Waals surface area (Å²) in [6.07, 6.45) is 5.20. The van der Waals surface area contributed by atoms with Crippen LogP contribution >= 0.6 is 0 Å². The van der Waals surface area contributed by atoms with Crippen LogP contribution in [0.1, 0.15) is 109 Å². The van der Waals surface area contributed by atoms with Gasteiger partial charge in [0.15, 0.2) is 5.96 Å². The maximum absolute atomic E-state index is 15.1. The maximum atomic E-state index is 15.1. The highest BCUT2D eigenvalue weighted by molar-refractivity contribution is 5.99. The minimum Gasteiger partial charge on any atom is -0.508 e. The molecule has 31 heteroatoms. The van der Waals surface area contributed by atoms with Crippen molar-refractivity contribution in [2.75, 3.05) is 13.1 Å². The summed E-state index contributed by atoms with van der Waals surface area (Å²) in [5.41, 5.74) is 18.6. The number of hydrogen-bond donors (Lipinski definition) is 16. The third kappa shape index (κ3) is 23.7. The van der Waals surface area contributed by atoms with Crippen molar-refractivity contribution in [3.05, 3.63) is 102 Å². The summed E-state index contributed by atoms with van der Waals surface area (Å²) < 4.78 is 0. The standard InChI is InChI=1S/C62H89N17O14/c1-7-35(6)51(78-56(87)44(24-36-13-9-8-10-14-36)74-58(89)50(34(4)5)77-53(84)42(15-11-21-68-62(64)65)71-52(83)41(63)28-49(81)82)59(90)75-46(27-39-30-67-32-70-39)60(91)79-22-12-16-48(79)57(88)73-43(25-37-17-19-40(80)20-18-37)54(85)72-45(26-38-29-66-31-69-38)55(86)76-47(61(92)93)23-33(2)3/h8-10,13-14,17-20,29-35,41-48,50-51,80H,7,11-12,15-16,21-28,63H2,1-6H3,(H,66,69)(H,67,70)(H,71,83)(H,72,85)(H,73,88)(H,74,89)(H,75,90)(H,76,86)(H,77,84)(H,78,87)(H,81,82)(H,92,93)(H4,64,65,68)/t35-,41-,42-,43-,44-,45-,46-,47-,48-,50-,51-/m0/s1. The molecule has 93 heavy (non-hydrogen) atoms. The quantitative estimate of drug-likeness (QED) is 0.0141. The number of phenols is 1. The molecule has 2 aromatic carbocycles. The van der Waals surface area contributed by atoms with Gasteiger partial charge in [0, 0.05) is 62.6 Å². The van der Waals surface area contributed by atoms with Crippen molar-refractivity contribution in [1.29, 1.82) is 0 Å². The Bertz CT molecular complexity index is 3180. The zero-order valence-corrected chi connectivity index (χ0v) is 53.1. The number of aliphatic imine (C=N–C) groups is 1. The summed E-state index contributed by atoms with van der Waals surface area (Å²) in [5, 5.41) is 50.8. The Kier molecular flexibility index (Phi) is 28.7. The molecule has 9 amide bonds. The van der Waals surface area contributed by atoms with Gasteiger partial charge in [-0.25, -0.2) is 14.8 Å². The molecule has 0 radical (unpaired) electrons. The Morgan fingerprint density at radius 2 is 1.13 bits per heavy atom. The number of aliphatic carboxylic acids is 2. The van der Waals surface area contributed by atoms with E-state index in [1.807, 2.05) is 0 Å². The van der Waals surface area contributed by atoms with E-state index in [2.05, 4.69) is 67.5 Å². The van der Waals surface area contributed by atoms with Crippen LogP contribution in [-0.2, 0) is 78.4 Å². The molecule has 0 unspecified atom stereocenters. The number of likely N-dealkylation sites (tertiary alicyclic amines) is 1. The Hall–Kier alpha value is -9.94. The van der Waals surface area contributed by atoms with E-state index in [0.29, 0.717) is 35.4 Å². The molecule has 3 heterocycles. The molecule has 0 bridgehead atoms. The highest BCUT2D eigenvalue weighted by Crippen LogP contribution is 2.22. The zero-order valence-electron chi connectivity index (χ0n) is 53.1. The number of carbonyl (C=O) groups excluding carboxylic acids is 9. The van der Waals surface area contributed by atoms with Gasteiger partial charge in [-0.15, -0.1) is 0 Å². The lowest BCUT2D eigenvalue weighted by Gasteiger charge is -2.32. The number of aromatic hydroxyl groups is 1. The second-order valence-corrected chi connectivity index (χ2v) is 23.9. The largest absolute Gasteiger partial charge is 0.508 e. The van der Waals surface area contributed by atoms with Gasteiger partial charge in [-0.2, -0.15) is 0 Å². The van der Waals surface area contributed by atoms with Crippen LogP contribution in [0, 0.1) is 17.8 Å². The van der Waals surface area contributed by atoms with Gasteiger partial charge in [0.05, 0.1) is 25.1 Å². The molecule has 0 aliphatic carbocycles. The molecule has 4 aromatic rings. The number of carboxylic acids is 2. The van der Waals surface area contributed by atoms with Crippen molar-refractivity contribution >= 4 is 71.1 Å². The molecule has 19 N–H and O–H groups in total. The number of phenolic OH excluding ortho intramolecular Hbond substituents is 1. The number of H-pyrrole nitrogens is 2. The molecule has 1 fully saturated rings. The van der Waals surface area contributed by atoms with Crippen LogP contribution in [0.5, 0.6) is 5.75 Å². The smallest absolute Gasteiger partial charge is 0.326 e. The molecule has 2 aromatic heterocycles. The molecule has 1 saturated heterocycles. The Labute approximate surface area is 538 Å². The highest BCUT2D eigenvalue weighted by atomic mass is 16.4. The van der Waals surface area contributed by atoms with Crippen molar-refractivity contribution in [2.24, 2.45) is 39.9 Å². The van der Waals surface area contributed by atoms with E-state index in [1.54, 1.807) is 71.9 Å². The molecular formula is C62H89N17O14. The van der Waals surface area contributed by atoms with Gasteiger partial charge in [0.2, 0.25) is 53.2 Å². The number of hydrogen-bond acceptors (Lipinski definition) is 16. The third-order valence-corrected chi connectivity index (χ3v) is 15.6. The van der Waals surface area contributed by atoms with Crippen LogP contribution in [0.15, 0.2) is 84.6 Å². The first-order valence-electron chi connectivity index (χ1n) is 30.9. The monoisotopic (exact) mass is 1300 g/mol. The van der Waals surface area contributed by atoms with Gasteiger partial charge in [0.1, 0.15) is 60.1 Å². The molecular weight excluding hydrogens is 1210 g/mol. The number of nitrogens with zero attached hydrogens (tertiary/aromatic N) is 4. The van der Waals surface area contributed by atoms with E-state index in [0.717, 1.165) is 0 Å². The number of benzene rings is 2. The molecule has 0 spiro atoms. The highest BCUT2D eigenvalue weighted by Gasteiger charge is 2.42. The summed E-state index contributed by atoms with van der Waals surface area (Å²) in [4.78, 5) is 172. The molecule has 1 aliphatic heterocycles. The summed E-state index contributed by atoms with van der Waals surface area (Å²) in [7, 11) is 0. The summed E-state index contributed by atoms with van der Waals surface area (Å²) in [6.45, 7) is 10.4. The van der Waals surface area contributed by atoms with E-state index < -0.39 is 144 Å². The second kappa shape index (κ2) is 36.2. The third-order valence-electron chi connectivity index (χ3n) is 15.6. The van der Waals surface area contributed by atoms with Gasteiger partial charge >= 0.3 is 11.9 Å². The van der Waals surface area contributed by atoms with Crippen LogP contribution in [0.25, 0.3) is 0 Å². The topological polar surface area (TPSA) is 496 Å². The molecule has 1 aliphatic rings. The van der Waals surface area contributed by atoms with Crippen LogP contribution < -0.4 is 59.7 Å². The molecule has 0 saturated carbocycles.